The first-order valence-electron chi connectivity index (χ1n) is 13.1. The summed E-state index contributed by atoms with van der Waals surface area (Å²) in [5.74, 6) is -3.32. The smallest absolute Gasteiger partial charge is 0.274 e. The number of carbonyl (C=O) groups is 1. The van der Waals surface area contributed by atoms with Crippen molar-refractivity contribution in [3.8, 4) is 5.75 Å². The van der Waals surface area contributed by atoms with E-state index in [1.54, 1.807) is 0 Å². The molecule has 0 bridgehead atoms. The molecule has 3 N–H and O–H groups in total. The highest BCUT2D eigenvalue weighted by Crippen LogP contribution is 2.37. The minimum Gasteiger partial charge on any atom is -0.485 e. The molecular formula is C26H24ClF3N6O4. The molecule has 0 saturated heterocycles. The number of carbonyl (C=O) groups excluding carboxylic acids is 1. The normalized spacial score (nSPS) is 21.8. The lowest BCUT2D eigenvalue weighted by Crippen LogP contribution is -2.48. The lowest BCUT2D eigenvalue weighted by molar-refractivity contribution is -0.120. The molecule has 5 rings (SSSR count). The number of ether oxygens (including phenoxy) is 1. The molecule has 3 aromatic heterocycles. The van der Waals surface area contributed by atoms with Gasteiger partial charge in [-0.2, -0.15) is 0 Å². The first-order valence-corrected chi connectivity index (χ1v) is 12.5. The first-order chi connectivity index (χ1) is 19.7. The van der Waals surface area contributed by atoms with E-state index in [1.165, 1.54) is 38.4 Å². The fraction of sp³-hybridized carbons (Fsp3) is 0.346. The number of amides is 1. The number of allylic oxidation sites excluding steroid dienone is 1. The van der Waals surface area contributed by atoms with Crippen molar-refractivity contribution < 1.29 is 30.6 Å². The number of aromatic nitrogens is 4. The number of alkyl halides is 1. The minimum absolute atomic E-state index is 0.0289. The number of pyridine rings is 2. The van der Waals surface area contributed by atoms with Gasteiger partial charge in [-0.15, -0.1) is 0 Å². The van der Waals surface area contributed by atoms with Crippen LogP contribution in [-0.4, -0.2) is 36.7 Å². The molecule has 0 aromatic carbocycles. The summed E-state index contributed by atoms with van der Waals surface area (Å²) in [5, 5.41) is 15.1. The molecule has 0 aliphatic carbocycles. The van der Waals surface area contributed by atoms with Gasteiger partial charge in [0.25, 0.3) is 5.56 Å². The van der Waals surface area contributed by atoms with E-state index in [4.69, 9.17) is 19.1 Å². The molecule has 1 unspecified atom stereocenters. The molecule has 0 saturated carbocycles. The van der Waals surface area contributed by atoms with E-state index in [1.807, 2.05) is 0 Å². The summed E-state index contributed by atoms with van der Waals surface area (Å²) < 4.78 is 66.7. The average Bonchev–Trinajstić information content (AvgIpc) is 2.89. The molecule has 5 heterocycles. The Hall–Kier alpha value is -3.97. The zero-order valence-corrected chi connectivity index (χ0v) is 21.8. The second-order valence-electron chi connectivity index (χ2n) is 9.72. The van der Waals surface area contributed by atoms with Crippen molar-refractivity contribution in [2.45, 2.75) is 57.1 Å². The summed E-state index contributed by atoms with van der Waals surface area (Å²) in [6.45, 7) is -0.0589. The molecule has 14 heteroatoms. The van der Waals surface area contributed by atoms with Gasteiger partial charge in [0.2, 0.25) is 5.91 Å². The second-order valence-corrected chi connectivity index (χ2v) is 10.1. The standard InChI is InChI=1S/C26H24ClF3N6O4/c1-26(2,39)25-31-6-5-15(35-25)22-21(30)23-16(10-33-22)34-19(37)4-3-13-8-18(20(27)24(38)36(13)23)40-11-17-14(29)7-12(28)9-32-17/h5-10,21-23,33,39H,3-4,11H2,1-2H3,(H,34,37)/t21-,22+,23?/m1/s1/i11D2. The van der Waals surface area contributed by atoms with Crippen LogP contribution in [0.2, 0.25) is 5.02 Å². The van der Waals surface area contributed by atoms with Crippen LogP contribution in [0.4, 0.5) is 13.2 Å². The quantitative estimate of drug-likeness (QED) is 0.421. The number of nitrogens with one attached hydrogen (secondary N) is 2. The Balaban J connectivity index is 1.59. The van der Waals surface area contributed by atoms with Crippen LogP contribution in [0.3, 0.4) is 0 Å². The van der Waals surface area contributed by atoms with Crippen molar-refractivity contribution in [3.05, 3.63) is 92.4 Å². The molecule has 1 amide bonds. The number of rotatable bonds is 5. The van der Waals surface area contributed by atoms with Crippen molar-refractivity contribution in [1.82, 2.24) is 30.2 Å². The van der Waals surface area contributed by atoms with Gasteiger partial charge in [0, 0.05) is 36.6 Å². The van der Waals surface area contributed by atoms with Gasteiger partial charge in [0.1, 0.15) is 46.5 Å². The highest BCUT2D eigenvalue weighted by molar-refractivity contribution is 6.31. The second kappa shape index (κ2) is 10.5. The van der Waals surface area contributed by atoms with E-state index >= 15 is 4.39 Å². The van der Waals surface area contributed by atoms with Crippen LogP contribution in [0.1, 0.15) is 58.0 Å². The first kappa shape index (κ1) is 25.0. The van der Waals surface area contributed by atoms with Crippen LogP contribution < -0.4 is 20.9 Å². The zero-order chi connectivity index (χ0) is 30.6. The highest BCUT2D eigenvalue weighted by Gasteiger charge is 2.42. The summed E-state index contributed by atoms with van der Waals surface area (Å²) in [6, 6.07) is 0.473. The molecule has 210 valence electrons. The number of hydrogen-bond donors (Lipinski definition) is 3. The van der Waals surface area contributed by atoms with E-state index in [2.05, 4.69) is 25.6 Å². The molecule has 0 radical (unpaired) electrons. The summed E-state index contributed by atoms with van der Waals surface area (Å²) in [5.41, 5.74) is -3.01. The summed E-state index contributed by atoms with van der Waals surface area (Å²) >= 11 is 6.32. The van der Waals surface area contributed by atoms with Crippen LogP contribution in [-0.2, 0) is 23.4 Å². The van der Waals surface area contributed by atoms with Crippen molar-refractivity contribution in [3.63, 3.8) is 0 Å². The summed E-state index contributed by atoms with van der Waals surface area (Å²) in [7, 11) is 0. The van der Waals surface area contributed by atoms with E-state index in [0.29, 0.717) is 12.3 Å². The van der Waals surface area contributed by atoms with Gasteiger partial charge in [-0.3, -0.25) is 19.1 Å². The van der Waals surface area contributed by atoms with Crippen molar-refractivity contribution in [2.75, 3.05) is 0 Å². The number of fused-ring (bicyclic) bond motifs is 3. The van der Waals surface area contributed by atoms with E-state index in [0.717, 1.165) is 4.57 Å². The van der Waals surface area contributed by atoms with Crippen LogP contribution in [0.5, 0.6) is 5.75 Å². The van der Waals surface area contributed by atoms with Crippen LogP contribution in [0.25, 0.3) is 0 Å². The number of nitrogens with zero attached hydrogens (tertiary/aromatic N) is 4. The SMILES string of the molecule is [2H]C([2H])(Oc1cc2n(c(=O)c1Cl)C1C(=CN[C@@H](c3ccnc(C(C)(C)O)n3)[C@H]1F)NC(=O)CC2)c1ncc(F)cc1F. The topological polar surface area (TPSA) is 131 Å². The lowest BCUT2D eigenvalue weighted by Gasteiger charge is -2.38. The molecule has 0 fully saturated rings. The predicted molar refractivity (Wildman–Crippen MR) is 136 cm³/mol. The number of aliphatic hydroxyl groups is 1. The molecule has 2 aliphatic heterocycles. The molecule has 3 atom stereocenters. The van der Waals surface area contributed by atoms with Crippen molar-refractivity contribution >= 4 is 17.5 Å². The largest absolute Gasteiger partial charge is 0.485 e. The maximum Gasteiger partial charge on any atom is 0.274 e. The molecule has 3 aromatic rings. The van der Waals surface area contributed by atoms with E-state index in [-0.39, 0.29) is 35.8 Å². The van der Waals surface area contributed by atoms with Gasteiger partial charge < -0.3 is 20.5 Å². The monoisotopic (exact) mass is 578 g/mol. The Morgan fingerprint density at radius 2 is 2.05 bits per heavy atom. The highest BCUT2D eigenvalue weighted by atomic mass is 35.5. The third-order valence-electron chi connectivity index (χ3n) is 6.37. The summed E-state index contributed by atoms with van der Waals surface area (Å²) in [6.07, 6.45) is 1.16. The van der Waals surface area contributed by atoms with Gasteiger partial charge in [-0.1, -0.05) is 11.6 Å². The molecular weight excluding hydrogens is 553 g/mol. The van der Waals surface area contributed by atoms with Crippen molar-refractivity contribution in [2.24, 2.45) is 0 Å². The Morgan fingerprint density at radius 3 is 2.77 bits per heavy atom. The lowest BCUT2D eigenvalue weighted by atomic mass is 9.93. The maximum atomic E-state index is 16.4. The Labute approximate surface area is 233 Å². The Morgan fingerprint density at radius 1 is 1.27 bits per heavy atom. The van der Waals surface area contributed by atoms with E-state index < -0.39 is 70.0 Å². The summed E-state index contributed by atoms with van der Waals surface area (Å²) in [4.78, 5) is 38.0. The van der Waals surface area contributed by atoms with Gasteiger partial charge in [0.15, 0.2) is 17.8 Å². The van der Waals surface area contributed by atoms with Crippen LogP contribution in [0, 0.1) is 11.6 Å². The number of halogens is 4. The molecule has 2 aliphatic rings. The fourth-order valence-electron chi connectivity index (χ4n) is 4.45. The van der Waals surface area contributed by atoms with Crippen LogP contribution >= 0.6 is 11.6 Å². The zero-order valence-electron chi connectivity index (χ0n) is 23.1. The third-order valence-corrected chi connectivity index (χ3v) is 6.71. The molecule has 0 spiro atoms. The average molecular weight is 579 g/mol. The van der Waals surface area contributed by atoms with Gasteiger partial charge in [0.05, 0.1) is 20.3 Å². The Bertz CT molecular complexity index is 1670. The van der Waals surface area contributed by atoms with Crippen molar-refractivity contribution in [1.29, 1.82) is 0 Å². The van der Waals surface area contributed by atoms with Gasteiger partial charge in [-0.25, -0.2) is 23.1 Å². The molecule has 40 heavy (non-hydrogen) atoms. The van der Waals surface area contributed by atoms with Gasteiger partial charge in [-0.05, 0) is 26.3 Å². The predicted octanol–water partition coefficient (Wildman–Crippen LogP) is 2.90. The fourth-order valence-corrected chi connectivity index (χ4v) is 4.63. The number of aryl methyl sites for hydroxylation is 1. The van der Waals surface area contributed by atoms with E-state index in [9.17, 15) is 23.5 Å². The minimum atomic E-state index is -3.00. The maximum absolute atomic E-state index is 16.4. The molecule has 10 nitrogen and oxygen atoms in total. The third kappa shape index (κ3) is 5.26. The Kier molecular flexibility index (Phi) is 6.60. The number of hydrogen-bond acceptors (Lipinski definition) is 8. The van der Waals surface area contributed by atoms with Crippen LogP contribution in [0.15, 0.2) is 47.3 Å². The van der Waals surface area contributed by atoms with Gasteiger partial charge >= 0.3 is 0 Å².